The fourth-order valence-corrected chi connectivity index (χ4v) is 3.48. The number of piperidine rings is 1. The molecule has 3 aromatic rings. The van der Waals surface area contributed by atoms with Gasteiger partial charge >= 0.3 is 0 Å². The minimum Gasteiger partial charge on any atom is -0.477 e. The van der Waals surface area contributed by atoms with Crippen molar-refractivity contribution in [3.63, 3.8) is 0 Å². The van der Waals surface area contributed by atoms with Crippen LogP contribution in [0.15, 0.2) is 66.7 Å². The Morgan fingerprint density at radius 1 is 0.885 bits per heavy atom. The van der Waals surface area contributed by atoms with Crippen LogP contribution in [0.4, 0.5) is 0 Å². The van der Waals surface area contributed by atoms with Crippen LogP contribution in [0.1, 0.15) is 18.4 Å². The van der Waals surface area contributed by atoms with Crippen molar-refractivity contribution < 1.29 is 4.74 Å². The first-order valence-electron chi connectivity index (χ1n) is 9.12. The third-order valence-electron chi connectivity index (χ3n) is 5.00. The number of para-hydroxylation sites is 1. The SMILES string of the molecule is Cl.c1ccc(CN2CCC(COc3ccc4ccccc4n3)CC2)cc1. The average Bonchev–Trinajstić information content (AvgIpc) is 2.68. The Balaban J connectivity index is 0.00000196. The predicted octanol–water partition coefficient (Wildman–Crippen LogP) is 4.95. The lowest BCUT2D eigenvalue weighted by Crippen LogP contribution is -2.35. The fraction of sp³-hybridized carbons (Fsp3) is 0.318. The molecule has 3 nitrogen and oxygen atoms in total. The lowest BCUT2D eigenvalue weighted by molar-refractivity contribution is 0.135. The summed E-state index contributed by atoms with van der Waals surface area (Å²) in [6.45, 7) is 4.12. The normalized spacial score (nSPS) is 15.5. The van der Waals surface area contributed by atoms with Gasteiger partial charge in [0, 0.05) is 18.0 Å². The predicted molar refractivity (Wildman–Crippen MR) is 109 cm³/mol. The molecular formula is C22H25ClN2O. The van der Waals surface area contributed by atoms with Crippen LogP contribution in [-0.2, 0) is 6.54 Å². The molecule has 1 aliphatic rings. The number of fused-ring (bicyclic) bond motifs is 1. The molecule has 26 heavy (non-hydrogen) atoms. The second kappa shape index (κ2) is 9.02. The molecule has 136 valence electrons. The number of hydrogen-bond acceptors (Lipinski definition) is 3. The van der Waals surface area contributed by atoms with E-state index in [1.54, 1.807) is 0 Å². The molecule has 4 heteroatoms. The maximum atomic E-state index is 5.98. The number of rotatable bonds is 5. The summed E-state index contributed by atoms with van der Waals surface area (Å²) in [5.41, 5.74) is 2.40. The monoisotopic (exact) mass is 368 g/mol. The molecule has 0 spiro atoms. The standard InChI is InChI=1S/C22H24N2O.ClH/c1-2-6-18(7-3-1)16-24-14-12-19(13-15-24)17-25-22-11-10-20-8-4-5-9-21(20)23-22;/h1-11,19H,12-17H2;1H. The number of pyridine rings is 1. The lowest BCUT2D eigenvalue weighted by Gasteiger charge is -2.31. The molecule has 2 heterocycles. The molecule has 0 N–H and O–H groups in total. The second-order valence-electron chi connectivity index (χ2n) is 6.86. The topological polar surface area (TPSA) is 25.4 Å². The first kappa shape index (κ1) is 18.7. The maximum absolute atomic E-state index is 5.98. The summed E-state index contributed by atoms with van der Waals surface area (Å²) >= 11 is 0. The van der Waals surface area contributed by atoms with Gasteiger partial charge in [-0.25, -0.2) is 4.98 Å². The third kappa shape index (κ3) is 4.75. The van der Waals surface area contributed by atoms with Crippen molar-refractivity contribution >= 4 is 23.3 Å². The molecule has 1 aliphatic heterocycles. The van der Waals surface area contributed by atoms with Gasteiger partial charge in [-0.1, -0.05) is 48.5 Å². The van der Waals surface area contributed by atoms with E-state index < -0.39 is 0 Å². The maximum Gasteiger partial charge on any atom is 0.213 e. The van der Waals surface area contributed by atoms with Gasteiger partial charge in [0.15, 0.2) is 0 Å². The molecule has 0 bridgehead atoms. The zero-order valence-electron chi connectivity index (χ0n) is 14.9. The van der Waals surface area contributed by atoms with E-state index in [0.717, 1.165) is 43.0 Å². The van der Waals surface area contributed by atoms with Gasteiger partial charge < -0.3 is 4.74 Å². The third-order valence-corrected chi connectivity index (χ3v) is 5.00. The fourth-order valence-electron chi connectivity index (χ4n) is 3.48. The quantitative estimate of drug-likeness (QED) is 0.637. The Hall–Kier alpha value is -2.10. The second-order valence-corrected chi connectivity index (χ2v) is 6.86. The van der Waals surface area contributed by atoms with Crippen molar-refractivity contribution in [2.24, 2.45) is 5.92 Å². The van der Waals surface area contributed by atoms with Crippen LogP contribution in [0, 0.1) is 5.92 Å². The first-order chi connectivity index (χ1) is 12.4. The van der Waals surface area contributed by atoms with Gasteiger partial charge in [0.05, 0.1) is 12.1 Å². The van der Waals surface area contributed by atoms with Gasteiger partial charge in [0.1, 0.15) is 0 Å². The minimum atomic E-state index is 0. The zero-order chi connectivity index (χ0) is 16.9. The minimum absolute atomic E-state index is 0. The van der Waals surface area contributed by atoms with E-state index in [1.807, 2.05) is 24.3 Å². The largest absolute Gasteiger partial charge is 0.477 e. The molecule has 0 saturated carbocycles. The smallest absolute Gasteiger partial charge is 0.213 e. The van der Waals surface area contributed by atoms with Crippen molar-refractivity contribution in [3.8, 4) is 5.88 Å². The molecule has 0 unspecified atom stereocenters. The summed E-state index contributed by atoms with van der Waals surface area (Å²) in [5, 5.41) is 1.16. The summed E-state index contributed by atoms with van der Waals surface area (Å²) in [4.78, 5) is 7.14. The highest BCUT2D eigenvalue weighted by Crippen LogP contribution is 2.21. The van der Waals surface area contributed by atoms with Crippen LogP contribution in [-0.4, -0.2) is 29.6 Å². The molecule has 1 saturated heterocycles. The molecule has 1 aromatic heterocycles. The van der Waals surface area contributed by atoms with Crippen molar-refractivity contribution in [2.75, 3.05) is 19.7 Å². The first-order valence-corrected chi connectivity index (χ1v) is 9.12. The van der Waals surface area contributed by atoms with Crippen LogP contribution in [0.5, 0.6) is 5.88 Å². The van der Waals surface area contributed by atoms with Gasteiger partial charge in [-0.05, 0) is 49.5 Å². The number of benzene rings is 2. The Morgan fingerprint density at radius 3 is 2.42 bits per heavy atom. The number of aromatic nitrogens is 1. The molecule has 0 aliphatic carbocycles. The number of nitrogens with zero attached hydrogens (tertiary/aromatic N) is 2. The highest BCUT2D eigenvalue weighted by atomic mass is 35.5. The molecule has 4 rings (SSSR count). The summed E-state index contributed by atoms with van der Waals surface area (Å²) in [6.07, 6.45) is 2.39. The average molecular weight is 369 g/mol. The van der Waals surface area contributed by atoms with Crippen molar-refractivity contribution in [3.05, 3.63) is 72.3 Å². The summed E-state index contributed by atoms with van der Waals surface area (Å²) in [7, 11) is 0. The van der Waals surface area contributed by atoms with Crippen molar-refractivity contribution in [1.29, 1.82) is 0 Å². The molecule has 2 aromatic carbocycles. The summed E-state index contributed by atoms with van der Waals surface area (Å²) < 4.78 is 5.98. The zero-order valence-corrected chi connectivity index (χ0v) is 15.7. The highest BCUT2D eigenvalue weighted by molar-refractivity contribution is 5.85. The van der Waals surface area contributed by atoms with Crippen LogP contribution >= 0.6 is 12.4 Å². The van der Waals surface area contributed by atoms with Crippen LogP contribution < -0.4 is 4.74 Å². The number of halogens is 1. The van der Waals surface area contributed by atoms with Crippen LogP contribution in [0.2, 0.25) is 0 Å². The van der Waals surface area contributed by atoms with E-state index in [0.29, 0.717) is 5.92 Å². The van der Waals surface area contributed by atoms with Crippen molar-refractivity contribution in [1.82, 2.24) is 9.88 Å². The van der Waals surface area contributed by atoms with E-state index in [1.165, 1.54) is 18.4 Å². The Kier molecular flexibility index (Phi) is 6.48. The number of likely N-dealkylation sites (tertiary alicyclic amines) is 1. The molecule has 0 atom stereocenters. The van der Waals surface area contributed by atoms with Crippen molar-refractivity contribution in [2.45, 2.75) is 19.4 Å². The summed E-state index contributed by atoms with van der Waals surface area (Å²) in [5.74, 6) is 1.37. The van der Waals surface area contributed by atoms with E-state index in [2.05, 4.69) is 52.3 Å². The molecular weight excluding hydrogens is 344 g/mol. The van der Waals surface area contributed by atoms with Gasteiger partial charge in [0.2, 0.25) is 5.88 Å². The molecule has 0 amide bonds. The van der Waals surface area contributed by atoms with Gasteiger partial charge in [-0.3, -0.25) is 4.90 Å². The van der Waals surface area contributed by atoms with E-state index >= 15 is 0 Å². The van der Waals surface area contributed by atoms with Gasteiger partial charge in [0.25, 0.3) is 0 Å². The number of ether oxygens (including phenoxy) is 1. The molecule has 0 radical (unpaired) electrons. The van der Waals surface area contributed by atoms with Gasteiger partial charge in [-0.2, -0.15) is 0 Å². The van der Waals surface area contributed by atoms with E-state index in [9.17, 15) is 0 Å². The van der Waals surface area contributed by atoms with Crippen LogP contribution in [0.3, 0.4) is 0 Å². The lowest BCUT2D eigenvalue weighted by atomic mass is 9.97. The van der Waals surface area contributed by atoms with E-state index in [4.69, 9.17) is 4.74 Å². The highest BCUT2D eigenvalue weighted by Gasteiger charge is 2.20. The molecule has 1 fully saturated rings. The van der Waals surface area contributed by atoms with Gasteiger partial charge in [-0.15, -0.1) is 12.4 Å². The van der Waals surface area contributed by atoms with Crippen LogP contribution in [0.25, 0.3) is 10.9 Å². The van der Waals surface area contributed by atoms with E-state index in [-0.39, 0.29) is 12.4 Å². The number of hydrogen-bond donors (Lipinski definition) is 0. The Labute approximate surface area is 161 Å². The summed E-state index contributed by atoms with van der Waals surface area (Å²) in [6, 6.07) is 23.0. The Bertz CT molecular complexity index is 816. The Morgan fingerprint density at radius 2 is 1.62 bits per heavy atom.